The average Bonchev–Trinajstić information content (AvgIpc) is 3.25. The van der Waals surface area contributed by atoms with Crippen LogP contribution in [0.4, 0.5) is 0 Å². The molecular formula is C14H14BrN3S. The number of pyridine rings is 2. The van der Waals surface area contributed by atoms with Crippen molar-refractivity contribution in [2.24, 2.45) is 0 Å². The lowest BCUT2D eigenvalue weighted by molar-refractivity contribution is 0.685. The minimum atomic E-state index is 0.735. The summed E-state index contributed by atoms with van der Waals surface area (Å²) < 4.78 is 1.00. The zero-order valence-electron chi connectivity index (χ0n) is 10.3. The van der Waals surface area contributed by atoms with Crippen molar-refractivity contribution in [3.8, 4) is 0 Å². The maximum atomic E-state index is 4.48. The normalized spacial score (nSPS) is 14.6. The lowest BCUT2D eigenvalue weighted by Gasteiger charge is -2.05. The zero-order chi connectivity index (χ0) is 13.1. The first kappa shape index (κ1) is 13.1. The van der Waals surface area contributed by atoms with E-state index in [1.807, 2.05) is 18.3 Å². The van der Waals surface area contributed by atoms with Gasteiger partial charge in [0.2, 0.25) is 0 Å². The van der Waals surface area contributed by atoms with Crippen molar-refractivity contribution >= 4 is 27.7 Å². The molecule has 0 saturated heterocycles. The first-order chi connectivity index (χ1) is 9.31. The molecule has 5 heteroatoms. The number of nitrogens with zero attached hydrogens (tertiary/aromatic N) is 2. The van der Waals surface area contributed by atoms with Gasteiger partial charge in [0, 0.05) is 25.0 Å². The molecule has 1 fully saturated rings. The third-order valence-corrected chi connectivity index (χ3v) is 4.77. The maximum Gasteiger partial charge on any atom is 0.116 e. The smallest absolute Gasteiger partial charge is 0.116 e. The Morgan fingerprint density at radius 2 is 2.16 bits per heavy atom. The summed E-state index contributed by atoms with van der Waals surface area (Å²) in [5.74, 6) is 0. The fourth-order valence-electron chi connectivity index (χ4n) is 1.67. The summed E-state index contributed by atoms with van der Waals surface area (Å²) in [6.45, 7) is 0.913. The molecule has 0 bridgehead atoms. The molecule has 2 heterocycles. The molecule has 0 atom stereocenters. The third kappa shape index (κ3) is 3.78. The molecule has 0 aromatic carbocycles. The molecule has 19 heavy (non-hydrogen) atoms. The molecule has 2 aromatic heterocycles. The molecule has 3 nitrogen and oxygen atoms in total. The highest BCUT2D eigenvalue weighted by atomic mass is 79.9. The topological polar surface area (TPSA) is 37.8 Å². The van der Waals surface area contributed by atoms with Crippen molar-refractivity contribution in [1.82, 2.24) is 15.3 Å². The molecule has 98 valence electrons. The van der Waals surface area contributed by atoms with Gasteiger partial charge in [-0.15, -0.1) is 0 Å². The molecule has 0 unspecified atom stereocenters. The van der Waals surface area contributed by atoms with E-state index in [1.165, 1.54) is 18.4 Å². The highest BCUT2D eigenvalue weighted by Crippen LogP contribution is 2.30. The Morgan fingerprint density at radius 3 is 2.84 bits per heavy atom. The second-order valence-corrected chi connectivity index (χ2v) is 6.42. The van der Waals surface area contributed by atoms with E-state index in [1.54, 1.807) is 18.0 Å². The van der Waals surface area contributed by atoms with Crippen LogP contribution in [0.1, 0.15) is 18.4 Å². The van der Waals surface area contributed by atoms with E-state index < -0.39 is 0 Å². The van der Waals surface area contributed by atoms with Gasteiger partial charge in [-0.05, 0) is 64.3 Å². The largest absolute Gasteiger partial charge is 0.310 e. The van der Waals surface area contributed by atoms with Gasteiger partial charge in [0.15, 0.2) is 0 Å². The van der Waals surface area contributed by atoms with Crippen LogP contribution in [-0.2, 0) is 6.54 Å². The monoisotopic (exact) mass is 335 g/mol. The SMILES string of the molecule is Brc1cccnc1Sc1ccc(CNC2CC2)cn1. The zero-order valence-corrected chi connectivity index (χ0v) is 12.7. The second kappa shape index (κ2) is 6.03. The van der Waals surface area contributed by atoms with Crippen LogP contribution in [-0.4, -0.2) is 16.0 Å². The highest BCUT2D eigenvalue weighted by molar-refractivity contribution is 9.10. The molecule has 1 aliphatic carbocycles. The predicted molar refractivity (Wildman–Crippen MR) is 80.2 cm³/mol. The van der Waals surface area contributed by atoms with Gasteiger partial charge >= 0.3 is 0 Å². The van der Waals surface area contributed by atoms with Crippen molar-refractivity contribution in [2.45, 2.75) is 35.5 Å². The number of halogens is 1. The number of aromatic nitrogens is 2. The van der Waals surface area contributed by atoms with E-state index in [4.69, 9.17) is 0 Å². The lowest BCUT2D eigenvalue weighted by Crippen LogP contribution is -2.15. The molecule has 0 radical (unpaired) electrons. The van der Waals surface area contributed by atoms with E-state index in [0.29, 0.717) is 0 Å². The Kier molecular flexibility index (Phi) is 4.15. The number of nitrogens with one attached hydrogen (secondary N) is 1. The van der Waals surface area contributed by atoms with Crippen molar-refractivity contribution in [3.63, 3.8) is 0 Å². The summed E-state index contributed by atoms with van der Waals surface area (Å²) in [7, 11) is 0. The van der Waals surface area contributed by atoms with Crippen LogP contribution in [0.25, 0.3) is 0 Å². The Morgan fingerprint density at radius 1 is 1.26 bits per heavy atom. The highest BCUT2D eigenvalue weighted by Gasteiger charge is 2.19. The summed E-state index contributed by atoms with van der Waals surface area (Å²) in [5.41, 5.74) is 1.23. The number of rotatable bonds is 5. The third-order valence-electron chi connectivity index (χ3n) is 2.90. The molecule has 2 aromatic rings. The first-order valence-corrected chi connectivity index (χ1v) is 7.89. The van der Waals surface area contributed by atoms with Crippen LogP contribution in [0.3, 0.4) is 0 Å². The number of hydrogen-bond donors (Lipinski definition) is 1. The minimum absolute atomic E-state index is 0.735. The van der Waals surface area contributed by atoms with Gasteiger partial charge in [-0.1, -0.05) is 6.07 Å². The van der Waals surface area contributed by atoms with Gasteiger partial charge < -0.3 is 5.32 Å². The van der Waals surface area contributed by atoms with E-state index in [9.17, 15) is 0 Å². The molecular weight excluding hydrogens is 322 g/mol. The number of hydrogen-bond acceptors (Lipinski definition) is 4. The Labute approximate surface area is 125 Å². The summed E-state index contributed by atoms with van der Waals surface area (Å²) in [5, 5.41) is 5.40. The van der Waals surface area contributed by atoms with Crippen LogP contribution in [0, 0.1) is 0 Å². The Balaban J connectivity index is 1.63. The van der Waals surface area contributed by atoms with Crippen LogP contribution >= 0.6 is 27.7 Å². The Bertz CT molecular complexity index is 555. The molecule has 0 spiro atoms. The van der Waals surface area contributed by atoms with Gasteiger partial charge in [0.05, 0.1) is 4.47 Å². The van der Waals surface area contributed by atoms with Crippen LogP contribution in [0.2, 0.25) is 0 Å². The summed E-state index contributed by atoms with van der Waals surface area (Å²) >= 11 is 5.06. The van der Waals surface area contributed by atoms with Crippen molar-refractivity contribution in [3.05, 3.63) is 46.7 Å². The summed E-state index contributed by atoms with van der Waals surface area (Å²) in [6, 6.07) is 8.81. The van der Waals surface area contributed by atoms with Crippen LogP contribution in [0.15, 0.2) is 51.2 Å². The van der Waals surface area contributed by atoms with E-state index >= 15 is 0 Å². The van der Waals surface area contributed by atoms with E-state index in [0.717, 1.165) is 27.1 Å². The molecule has 0 amide bonds. The Hall–Kier alpha value is -0.910. The molecule has 1 saturated carbocycles. The lowest BCUT2D eigenvalue weighted by atomic mass is 10.3. The van der Waals surface area contributed by atoms with E-state index in [2.05, 4.69) is 43.3 Å². The van der Waals surface area contributed by atoms with Crippen molar-refractivity contribution in [1.29, 1.82) is 0 Å². The predicted octanol–water partition coefficient (Wildman–Crippen LogP) is 3.64. The van der Waals surface area contributed by atoms with Crippen molar-refractivity contribution in [2.75, 3.05) is 0 Å². The van der Waals surface area contributed by atoms with Gasteiger partial charge in [-0.2, -0.15) is 0 Å². The summed E-state index contributed by atoms with van der Waals surface area (Å²) in [6.07, 6.45) is 6.36. The molecule has 1 aliphatic rings. The standard InChI is InChI=1S/C14H14BrN3S/c15-12-2-1-7-16-14(12)19-13-6-3-10(9-18-13)8-17-11-4-5-11/h1-3,6-7,9,11,17H,4-5,8H2. The fraction of sp³-hybridized carbons (Fsp3) is 0.286. The fourth-order valence-corrected chi connectivity index (χ4v) is 2.89. The molecule has 3 rings (SSSR count). The van der Waals surface area contributed by atoms with Gasteiger partial charge in [-0.25, -0.2) is 9.97 Å². The van der Waals surface area contributed by atoms with Crippen LogP contribution < -0.4 is 5.32 Å². The second-order valence-electron chi connectivity index (χ2n) is 4.55. The van der Waals surface area contributed by atoms with Gasteiger partial charge in [0.1, 0.15) is 10.1 Å². The quantitative estimate of drug-likeness (QED) is 0.905. The first-order valence-electron chi connectivity index (χ1n) is 6.28. The minimum Gasteiger partial charge on any atom is -0.310 e. The summed E-state index contributed by atoms with van der Waals surface area (Å²) in [4.78, 5) is 8.80. The maximum absolute atomic E-state index is 4.48. The average molecular weight is 336 g/mol. The molecule has 0 aliphatic heterocycles. The van der Waals surface area contributed by atoms with Crippen LogP contribution in [0.5, 0.6) is 0 Å². The van der Waals surface area contributed by atoms with Gasteiger partial charge in [-0.3, -0.25) is 0 Å². The van der Waals surface area contributed by atoms with Crippen molar-refractivity contribution < 1.29 is 0 Å². The van der Waals surface area contributed by atoms with Gasteiger partial charge in [0.25, 0.3) is 0 Å². The molecule has 1 N–H and O–H groups in total. The van der Waals surface area contributed by atoms with E-state index in [-0.39, 0.29) is 0 Å².